The first kappa shape index (κ1) is 11.1. The maximum Gasteiger partial charge on any atom is 0.0170 e. The van der Waals surface area contributed by atoms with Crippen LogP contribution in [0.15, 0.2) is 11.5 Å². The molecule has 1 saturated carbocycles. The average Bonchev–Trinajstić information content (AvgIpc) is 2.78. The van der Waals surface area contributed by atoms with Crippen molar-refractivity contribution >= 4 is 11.8 Å². The normalized spacial score (nSPS) is 41.2. The molecule has 16 heavy (non-hydrogen) atoms. The van der Waals surface area contributed by atoms with Crippen molar-refractivity contribution in [1.82, 2.24) is 9.80 Å². The second-order valence-corrected chi connectivity index (χ2v) is 6.57. The minimum atomic E-state index is 0.846. The molecule has 3 rings (SSSR count). The van der Waals surface area contributed by atoms with Gasteiger partial charge in [-0.1, -0.05) is 12.5 Å². The molecule has 3 atom stereocenters. The molecule has 0 aromatic rings. The van der Waals surface area contributed by atoms with Crippen LogP contribution >= 0.6 is 11.8 Å². The van der Waals surface area contributed by atoms with Gasteiger partial charge in [-0.25, -0.2) is 0 Å². The molecule has 2 fully saturated rings. The second-order valence-electron chi connectivity index (χ2n) is 5.42. The fraction of sp³-hybridized carbons (Fsp3) is 0.846. The topological polar surface area (TPSA) is 6.48 Å². The van der Waals surface area contributed by atoms with Crippen LogP contribution in [0.2, 0.25) is 0 Å². The van der Waals surface area contributed by atoms with Crippen LogP contribution in [0.1, 0.15) is 19.3 Å². The number of fused-ring (bicyclic) bond motifs is 1. The van der Waals surface area contributed by atoms with E-state index in [2.05, 4.69) is 40.1 Å². The van der Waals surface area contributed by atoms with Crippen molar-refractivity contribution in [1.29, 1.82) is 0 Å². The fourth-order valence-electron chi connectivity index (χ4n) is 3.39. The van der Waals surface area contributed by atoms with Crippen molar-refractivity contribution in [2.75, 3.05) is 33.2 Å². The third-order valence-electron chi connectivity index (χ3n) is 4.42. The predicted molar refractivity (Wildman–Crippen MR) is 70.7 cm³/mol. The van der Waals surface area contributed by atoms with E-state index in [9.17, 15) is 0 Å². The minimum absolute atomic E-state index is 0.846. The highest BCUT2D eigenvalue weighted by atomic mass is 32.2. The van der Waals surface area contributed by atoms with Gasteiger partial charge in [0.1, 0.15) is 0 Å². The van der Waals surface area contributed by atoms with Crippen LogP contribution in [-0.2, 0) is 0 Å². The summed E-state index contributed by atoms with van der Waals surface area (Å²) in [7, 11) is 2.24. The molecule has 1 aliphatic carbocycles. The number of likely N-dealkylation sites (N-methyl/N-ethyl adjacent to an activating group) is 1. The van der Waals surface area contributed by atoms with Crippen molar-refractivity contribution < 1.29 is 0 Å². The smallest absolute Gasteiger partial charge is 0.0170 e. The van der Waals surface area contributed by atoms with E-state index in [1.165, 1.54) is 45.4 Å². The Morgan fingerprint density at radius 1 is 1.12 bits per heavy atom. The molecule has 0 radical (unpaired) electrons. The third kappa shape index (κ3) is 2.05. The lowest BCUT2D eigenvalue weighted by molar-refractivity contribution is 0.0742. The van der Waals surface area contributed by atoms with Crippen molar-refractivity contribution in [2.45, 2.75) is 30.6 Å². The fourth-order valence-corrected chi connectivity index (χ4v) is 4.62. The first-order valence-electron chi connectivity index (χ1n) is 6.59. The Morgan fingerprint density at radius 3 is 2.75 bits per heavy atom. The number of rotatable bonds is 1. The molecule has 2 heterocycles. The quantitative estimate of drug-likeness (QED) is 0.690. The highest BCUT2D eigenvalue weighted by Gasteiger charge is 2.37. The molecule has 3 aliphatic rings. The largest absolute Gasteiger partial charge is 0.304 e. The first-order valence-corrected chi connectivity index (χ1v) is 7.53. The van der Waals surface area contributed by atoms with Crippen molar-refractivity contribution in [3.05, 3.63) is 11.5 Å². The van der Waals surface area contributed by atoms with E-state index in [0.29, 0.717) is 0 Å². The molecule has 0 aromatic carbocycles. The van der Waals surface area contributed by atoms with E-state index in [1.54, 1.807) is 0 Å². The van der Waals surface area contributed by atoms with Gasteiger partial charge < -0.3 is 4.90 Å². The van der Waals surface area contributed by atoms with E-state index >= 15 is 0 Å². The lowest BCUT2D eigenvalue weighted by Gasteiger charge is -2.44. The molecule has 2 aliphatic heterocycles. The molecule has 2 nitrogen and oxygen atoms in total. The number of hydrogen-bond acceptors (Lipinski definition) is 3. The van der Waals surface area contributed by atoms with E-state index < -0.39 is 0 Å². The molecule has 3 heteroatoms. The summed E-state index contributed by atoms with van der Waals surface area (Å²) in [6.07, 6.45) is 6.78. The average molecular weight is 238 g/mol. The van der Waals surface area contributed by atoms with Gasteiger partial charge in [-0.05, 0) is 25.3 Å². The van der Waals surface area contributed by atoms with E-state index in [-0.39, 0.29) is 0 Å². The van der Waals surface area contributed by atoms with Crippen LogP contribution in [0.4, 0.5) is 0 Å². The van der Waals surface area contributed by atoms with E-state index in [4.69, 9.17) is 0 Å². The van der Waals surface area contributed by atoms with Crippen molar-refractivity contribution in [2.24, 2.45) is 5.92 Å². The van der Waals surface area contributed by atoms with Crippen LogP contribution in [0.5, 0.6) is 0 Å². The summed E-state index contributed by atoms with van der Waals surface area (Å²) in [5.74, 6) is 0.849. The van der Waals surface area contributed by atoms with Gasteiger partial charge in [-0.15, -0.1) is 11.8 Å². The zero-order chi connectivity index (χ0) is 11.0. The van der Waals surface area contributed by atoms with Crippen LogP contribution in [0.3, 0.4) is 0 Å². The molecular formula is C13H22N2S. The second kappa shape index (κ2) is 4.71. The lowest BCUT2D eigenvalue weighted by atomic mass is 9.83. The molecular weight excluding hydrogens is 216 g/mol. The van der Waals surface area contributed by atoms with Gasteiger partial charge in [-0.2, -0.15) is 0 Å². The molecule has 0 amide bonds. The van der Waals surface area contributed by atoms with Crippen LogP contribution < -0.4 is 0 Å². The molecule has 90 valence electrons. The summed E-state index contributed by atoms with van der Waals surface area (Å²) in [5.41, 5.74) is 0. The number of nitrogens with zero attached hydrogens (tertiary/aromatic N) is 2. The SMILES string of the molecule is CN1CCN(C2CCCC3SC=CC32)CC1. The Labute approximate surface area is 103 Å². The van der Waals surface area contributed by atoms with Gasteiger partial charge >= 0.3 is 0 Å². The molecule has 1 saturated heterocycles. The monoisotopic (exact) mass is 238 g/mol. The van der Waals surface area contributed by atoms with Gasteiger partial charge in [0, 0.05) is 43.4 Å². The standard InChI is InChI=1S/C13H22N2S/c1-14-6-8-15(9-7-14)12-3-2-4-13-11(12)5-10-16-13/h5,10-13H,2-4,6-9H2,1H3. The summed E-state index contributed by atoms with van der Waals surface area (Å²) in [6, 6.07) is 0.846. The van der Waals surface area contributed by atoms with Gasteiger partial charge in [-0.3, -0.25) is 4.90 Å². The predicted octanol–water partition coefficient (Wildman–Crippen LogP) is 2.03. The summed E-state index contributed by atoms with van der Waals surface area (Å²) < 4.78 is 0. The maximum absolute atomic E-state index is 2.76. The Hall–Kier alpha value is 0.01000. The van der Waals surface area contributed by atoms with Gasteiger partial charge in [0.25, 0.3) is 0 Å². The molecule has 0 aromatic heterocycles. The Bertz CT molecular complexity index is 271. The van der Waals surface area contributed by atoms with Crippen LogP contribution in [0.25, 0.3) is 0 Å². The van der Waals surface area contributed by atoms with E-state index in [0.717, 1.165) is 17.2 Å². The molecule has 0 N–H and O–H groups in total. The number of hydrogen-bond donors (Lipinski definition) is 0. The summed E-state index contributed by atoms with van der Waals surface area (Å²) >= 11 is 2.08. The van der Waals surface area contributed by atoms with Crippen LogP contribution in [0, 0.1) is 5.92 Å². The highest BCUT2D eigenvalue weighted by molar-refractivity contribution is 8.03. The van der Waals surface area contributed by atoms with Crippen molar-refractivity contribution in [3.63, 3.8) is 0 Å². The summed E-state index contributed by atoms with van der Waals surface area (Å²) in [4.78, 5) is 5.21. The molecule has 0 bridgehead atoms. The first-order chi connectivity index (χ1) is 7.84. The maximum atomic E-state index is 2.76. The Morgan fingerprint density at radius 2 is 1.94 bits per heavy atom. The third-order valence-corrected chi connectivity index (χ3v) is 5.64. The zero-order valence-electron chi connectivity index (χ0n) is 10.1. The van der Waals surface area contributed by atoms with Gasteiger partial charge in [0.05, 0.1) is 0 Å². The molecule has 0 spiro atoms. The van der Waals surface area contributed by atoms with Crippen LogP contribution in [-0.4, -0.2) is 54.3 Å². The zero-order valence-corrected chi connectivity index (χ0v) is 11.0. The lowest BCUT2D eigenvalue weighted by Crippen LogP contribution is -2.53. The summed E-state index contributed by atoms with van der Waals surface area (Å²) in [6.45, 7) is 5.07. The summed E-state index contributed by atoms with van der Waals surface area (Å²) in [5, 5.41) is 3.25. The Kier molecular flexibility index (Phi) is 3.27. The minimum Gasteiger partial charge on any atom is -0.304 e. The molecule has 3 unspecified atom stereocenters. The number of thioether (sulfide) groups is 1. The van der Waals surface area contributed by atoms with E-state index in [1.807, 2.05) is 0 Å². The Balaban J connectivity index is 1.66. The number of piperazine rings is 1. The highest BCUT2D eigenvalue weighted by Crippen LogP contribution is 2.42. The van der Waals surface area contributed by atoms with Gasteiger partial charge in [0.2, 0.25) is 0 Å². The van der Waals surface area contributed by atoms with Crippen molar-refractivity contribution in [3.8, 4) is 0 Å². The van der Waals surface area contributed by atoms with Gasteiger partial charge in [0.15, 0.2) is 0 Å².